The van der Waals surface area contributed by atoms with Crippen molar-refractivity contribution in [3.05, 3.63) is 119 Å². The van der Waals surface area contributed by atoms with Gasteiger partial charge >= 0.3 is 0 Å². The van der Waals surface area contributed by atoms with Crippen LogP contribution in [0.3, 0.4) is 0 Å². The van der Waals surface area contributed by atoms with Crippen LogP contribution in [-0.4, -0.2) is 22.0 Å². The minimum Gasteiger partial charge on any atom is -0.288 e. The predicted molar refractivity (Wildman–Crippen MR) is 120 cm³/mol. The largest absolute Gasteiger partial charge is 0.288 e. The van der Waals surface area contributed by atoms with Crippen molar-refractivity contribution in [3.63, 3.8) is 0 Å². The van der Waals surface area contributed by atoms with Crippen LogP contribution in [0.25, 0.3) is 0 Å². The van der Waals surface area contributed by atoms with Gasteiger partial charge in [-0.1, -0.05) is 60.7 Å². The Hall–Kier alpha value is -4.26. The van der Waals surface area contributed by atoms with E-state index in [1.165, 1.54) is 12.1 Å². The second kappa shape index (κ2) is 7.77. The lowest BCUT2D eigenvalue weighted by Gasteiger charge is -2.28. The van der Waals surface area contributed by atoms with Gasteiger partial charge in [0.25, 0.3) is 0 Å². The summed E-state index contributed by atoms with van der Waals surface area (Å²) in [6.45, 7) is 0. The minimum absolute atomic E-state index is 0.0348. The van der Waals surface area contributed by atoms with Gasteiger partial charge in [0.05, 0.1) is 33.9 Å². The highest BCUT2D eigenvalue weighted by Crippen LogP contribution is 2.41. The monoisotopic (exact) mass is 422 g/mol. The van der Waals surface area contributed by atoms with Crippen LogP contribution < -0.4 is 10.1 Å². The molecule has 32 heavy (non-hydrogen) atoms. The van der Waals surface area contributed by atoms with Crippen molar-refractivity contribution < 1.29 is 20.0 Å². The topological polar surface area (TPSA) is 81.1 Å². The molecule has 0 unspecified atom stereocenters. The van der Waals surface area contributed by atoms with E-state index < -0.39 is 11.6 Å². The first kappa shape index (κ1) is 19.7. The van der Waals surface area contributed by atoms with Gasteiger partial charge in [-0.3, -0.25) is 20.0 Å². The number of hydrogen-bond donors (Lipinski definition) is 2. The van der Waals surface area contributed by atoms with Gasteiger partial charge in [0.1, 0.15) is 0 Å². The Morgan fingerprint density at radius 1 is 0.469 bits per heavy atom. The number of anilines is 4. The van der Waals surface area contributed by atoms with Crippen molar-refractivity contribution in [2.75, 3.05) is 10.1 Å². The molecule has 156 valence electrons. The van der Waals surface area contributed by atoms with E-state index in [9.17, 15) is 20.0 Å². The number of nitrogens with zero attached hydrogens (tertiary/aromatic N) is 2. The van der Waals surface area contributed by atoms with E-state index in [2.05, 4.69) is 0 Å². The van der Waals surface area contributed by atoms with Gasteiger partial charge in [0.15, 0.2) is 11.6 Å². The van der Waals surface area contributed by atoms with Crippen LogP contribution in [0.2, 0.25) is 0 Å². The number of carbonyl (C=O) groups is 2. The maximum Gasteiger partial charge on any atom is 0.196 e. The van der Waals surface area contributed by atoms with Crippen molar-refractivity contribution in [1.82, 2.24) is 0 Å². The SMILES string of the molecule is O=C1c2ccccc2C(=O)c2c(N(O)c3ccccc3)ccc(N(O)c3ccccc3)c21. The lowest BCUT2D eigenvalue weighted by Crippen LogP contribution is -2.27. The number of para-hydroxylation sites is 2. The van der Waals surface area contributed by atoms with Gasteiger partial charge in [-0.25, -0.2) is 10.1 Å². The van der Waals surface area contributed by atoms with Crippen LogP contribution in [0.1, 0.15) is 31.8 Å². The van der Waals surface area contributed by atoms with E-state index in [1.807, 2.05) is 12.1 Å². The van der Waals surface area contributed by atoms with Gasteiger partial charge in [0.2, 0.25) is 0 Å². The maximum atomic E-state index is 13.5. The van der Waals surface area contributed by atoms with Crippen LogP contribution in [0, 0.1) is 0 Å². The second-order valence-corrected chi connectivity index (χ2v) is 7.35. The van der Waals surface area contributed by atoms with Gasteiger partial charge < -0.3 is 0 Å². The molecule has 4 aromatic rings. The molecule has 2 N–H and O–H groups in total. The molecule has 0 radical (unpaired) electrons. The second-order valence-electron chi connectivity index (χ2n) is 7.35. The number of ketones is 2. The highest BCUT2D eigenvalue weighted by molar-refractivity contribution is 6.32. The molecule has 5 rings (SSSR count). The third-order valence-corrected chi connectivity index (χ3v) is 5.49. The molecule has 0 saturated carbocycles. The molecule has 1 aliphatic carbocycles. The van der Waals surface area contributed by atoms with E-state index in [0.717, 1.165) is 10.1 Å². The third-order valence-electron chi connectivity index (χ3n) is 5.49. The average Bonchev–Trinajstić information content (AvgIpc) is 2.86. The summed E-state index contributed by atoms with van der Waals surface area (Å²) in [5.41, 5.74) is 1.77. The zero-order valence-electron chi connectivity index (χ0n) is 16.8. The fraction of sp³-hybridized carbons (Fsp3) is 0. The first-order valence-corrected chi connectivity index (χ1v) is 10.0. The predicted octanol–water partition coefficient (Wildman–Crippen LogP) is 5.52. The standard InChI is InChI=1S/C26H18N2O4/c29-25-19-13-7-8-14-20(19)26(30)24-22(28(32)18-11-5-2-6-12-18)16-15-21(23(24)25)27(31)17-9-3-1-4-10-17/h1-16,31-32H. The Labute approximate surface area is 184 Å². The molecule has 0 aromatic heterocycles. The summed E-state index contributed by atoms with van der Waals surface area (Å²) >= 11 is 0. The quantitative estimate of drug-likeness (QED) is 0.371. The number of benzene rings is 4. The van der Waals surface area contributed by atoms with E-state index in [1.54, 1.807) is 72.8 Å². The molecule has 0 heterocycles. The van der Waals surface area contributed by atoms with Gasteiger partial charge in [-0.15, -0.1) is 0 Å². The zero-order valence-corrected chi connectivity index (χ0v) is 16.8. The first-order chi connectivity index (χ1) is 15.6. The highest BCUT2D eigenvalue weighted by Gasteiger charge is 2.36. The molecule has 0 atom stereocenters. The Morgan fingerprint density at radius 2 is 0.812 bits per heavy atom. The van der Waals surface area contributed by atoms with Crippen LogP contribution >= 0.6 is 0 Å². The molecule has 6 heteroatoms. The maximum absolute atomic E-state index is 13.5. The van der Waals surface area contributed by atoms with Crippen LogP contribution in [0.5, 0.6) is 0 Å². The molecule has 6 nitrogen and oxygen atoms in total. The fourth-order valence-electron chi connectivity index (χ4n) is 3.96. The Kier molecular flexibility index (Phi) is 4.78. The van der Waals surface area contributed by atoms with E-state index >= 15 is 0 Å². The Balaban J connectivity index is 1.76. The summed E-state index contributed by atoms with van der Waals surface area (Å²) in [7, 11) is 0. The molecule has 0 aliphatic heterocycles. The number of rotatable bonds is 4. The van der Waals surface area contributed by atoms with Gasteiger partial charge in [0, 0.05) is 11.1 Å². The number of fused-ring (bicyclic) bond motifs is 2. The lowest BCUT2D eigenvalue weighted by atomic mass is 9.82. The molecule has 0 saturated heterocycles. The van der Waals surface area contributed by atoms with Crippen molar-refractivity contribution in [2.24, 2.45) is 0 Å². The van der Waals surface area contributed by atoms with E-state index in [4.69, 9.17) is 0 Å². The molecule has 0 spiro atoms. The molecule has 1 aliphatic rings. The Morgan fingerprint density at radius 3 is 1.19 bits per heavy atom. The highest BCUT2D eigenvalue weighted by atomic mass is 16.5. The van der Waals surface area contributed by atoms with Crippen molar-refractivity contribution >= 4 is 34.3 Å². The summed E-state index contributed by atoms with van der Waals surface area (Å²) in [4.78, 5) is 27.1. The zero-order chi connectivity index (χ0) is 22.2. The molecule has 0 amide bonds. The summed E-state index contributed by atoms with van der Waals surface area (Å²) < 4.78 is 0. The van der Waals surface area contributed by atoms with Gasteiger partial charge in [-0.05, 0) is 36.4 Å². The van der Waals surface area contributed by atoms with Crippen LogP contribution in [0.15, 0.2) is 97.1 Å². The molecular formula is C26H18N2O4. The van der Waals surface area contributed by atoms with E-state index in [0.29, 0.717) is 11.4 Å². The Bertz CT molecular complexity index is 1230. The average molecular weight is 422 g/mol. The fourth-order valence-corrected chi connectivity index (χ4v) is 3.96. The van der Waals surface area contributed by atoms with Crippen molar-refractivity contribution in [3.8, 4) is 0 Å². The number of hydrogen-bond acceptors (Lipinski definition) is 6. The summed E-state index contributed by atoms with van der Waals surface area (Å²) in [6, 6.07) is 27.0. The summed E-state index contributed by atoms with van der Waals surface area (Å²) in [6.07, 6.45) is 0. The summed E-state index contributed by atoms with van der Waals surface area (Å²) in [5, 5.41) is 23.6. The molecule has 0 fully saturated rings. The lowest BCUT2D eigenvalue weighted by molar-refractivity contribution is 0.0978. The molecule has 0 bridgehead atoms. The normalized spacial score (nSPS) is 12.2. The van der Waals surface area contributed by atoms with E-state index in [-0.39, 0.29) is 33.6 Å². The summed E-state index contributed by atoms with van der Waals surface area (Å²) in [5.74, 6) is -0.799. The minimum atomic E-state index is -0.400. The molecular weight excluding hydrogens is 404 g/mol. The van der Waals surface area contributed by atoms with Crippen LogP contribution in [0.4, 0.5) is 22.7 Å². The van der Waals surface area contributed by atoms with Crippen LogP contribution in [-0.2, 0) is 0 Å². The van der Waals surface area contributed by atoms with Gasteiger partial charge in [-0.2, -0.15) is 0 Å². The third kappa shape index (κ3) is 3.06. The molecule has 4 aromatic carbocycles. The number of carbonyl (C=O) groups excluding carboxylic acids is 2. The smallest absolute Gasteiger partial charge is 0.196 e. The first-order valence-electron chi connectivity index (χ1n) is 10.0. The van der Waals surface area contributed by atoms with Crippen molar-refractivity contribution in [1.29, 1.82) is 0 Å². The van der Waals surface area contributed by atoms with Crippen molar-refractivity contribution in [2.45, 2.75) is 0 Å².